The highest BCUT2D eigenvalue weighted by Crippen LogP contribution is 2.29. The Morgan fingerprint density at radius 2 is 2.24 bits per heavy atom. The maximum Gasteiger partial charge on any atom is 0.148 e. The summed E-state index contributed by atoms with van der Waals surface area (Å²) in [5.41, 5.74) is 1.56. The van der Waals surface area contributed by atoms with E-state index in [9.17, 15) is 4.39 Å². The van der Waals surface area contributed by atoms with Crippen molar-refractivity contribution < 1.29 is 9.13 Å². The molecule has 1 N–H and O–H groups in total. The van der Waals surface area contributed by atoms with Crippen LogP contribution in [0.2, 0.25) is 0 Å². The molecular formula is C13H15FN2O. The lowest BCUT2D eigenvalue weighted by Crippen LogP contribution is -2.01. The number of anilines is 1. The number of aromatic nitrogens is 1. The first kappa shape index (κ1) is 11.6. The van der Waals surface area contributed by atoms with Gasteiger partial charge in [-0.05, 0) is 18.6 Å². The Labute approximate surface area is 99.6 Å². The number of methoxy groups -OCH3 is 1. The Bertz CT molecular complexity index is 528. The quantitative estimate of drug-likeness (QED) is 0.882. The first-order valence-electron chi connectivity index (χ1n) is 5.62. The van der Waals surface area contributed by atoms with Crippen molar-refractivity contribution in [3.8, 4) is 5.75 Å². The van der Waals surface area contributed by atoms with E-state index in [4.69, 9.17) is 4.74 Å². The Kier molecular flexibility index (Phi) is 3.42. The minimum Gasteiger partial charge on any atom is -0.494 e. The molecule has 0 fully saturated rings. The first-order chi connectivity index (χ1) is 8.26. The largest absolute Gasteiger partial charge is 0.494 e. The highest BCUT2D eigenvalue weighted by atomic mass is 19.1. The van der Waals surface area contributed by atoms with Gasteiger partial charge in [-0.1, -0.05) is 6.92 Å². The van der Waals surface area contributed by atoms with Crippen LogP contribution in [0.4, 0.5) is 10.1 Å². The van der Waals surface area contributed by atoms with Gasteiger partial charge in [0.15, 0.2) is 0 Å². The fourth-order valence-corrected chi connectivity index (χ4v) is 1.76. The Morgan fingerprint density at radius 3 is 2.94 bits per heavy atom. The van der Waals surface area contributed by atoms with Gasteiger partial charge in [-0.25, -0.2) is 4.39 Å². The predicted molar refractivity (Wildman–Crippen MR) is 67.0 cm³/mol. The van der Waals surface area contributed by atoms with Crippen molar-refractivity contribution >= 4 is 16.6 Å². The molecule has 2 rings (SSSR count). The molecule has 0 bridgehead atoms. The molecular weight excluding hydrogens is 219 g/mol. The minimum absolute atomic E-state index is 0.318. The summed E-state index contributed by atoms with van der Waals surface area (Å²) in [5.74, 6) is 0.141. The van der Waals surface area contributed by atoms with Crippen molar-refractivity contribution in [3.63, 3.8) is 0 Å². The van der Waals surface area contributed by atoms with E-state index < -0.39 is 0 Å². The summed E-state index contributed by atoms with van der Waals surface area (Å²) in [6.45, 7) is 2.93. The number of hydrogen-bond donors (Lipinski definition) is 1. The zero-order valence-corrected chi connectivity index (χ0v) is 9.96. The third-order valence-electron chi connectivity index (χ3n) is 2.56. The third-order valence-corrected chi connectivity index (χ3v) is 2.56. The smallest absolute Gasteiger partial charge is 0.148 e. The van der Waals surface area contributed by atoms with Crippen molar-refractivity contribution in [3.05, 3.63) is 30.2 Å². The van der Waals surface area contributed by atoms with E-state index in [1.165, 1.54) is 19.2 Å². The average molecular weight is 234 g/mol. The lowest BCUT2D eigenvalue weighted by atomic mass is 10.1. The molecule has 1 heterocycles. The van der Waals surface area contributed by atoms with Crippen LogP contribution >= 0.6 is 0 Å². The molecule has 0 radical (unpaired) electrons. The van der Waals surface area contributed by atoms with Crippen LogP contribution in [0.3, 0.4) is 0 Å². The predicted octanol–water partition coefficient (Wildman–Crippen LogP) is 3.20. The summed E-state index contributed by atoms with van der Waals surface area (Å²) in [7, 11) is 1.52. The number of rotatable bonds is 4. The van der Waals surface area contributed by atoms with Crippen LogP contribution in [0.5, 0.6) is 5.75 Å². The highest BCUT2D eigenvalue weighted by molar-refractivity contribution is 5.94. The Hall–Kier alpha value is -1.84. The Balaban J connectivity index is 2.58. The SMILES string of the molecule is CCCNc1ccnc2c(OC)cc(F)cc12. The fraction of sp³-hybridized carbons (Fsp3) is 0.308. The maximum absolute atomic E-state index is 13.5. The zero-order valence-electron chi connectivity index (χ0n) is 9.96. The van der Waals surface area contributed by atoms with E-state index in [2.05, 4.69) is 17.2 Å². The van der Waals surface area contributed by atoms with E-state index in [0.29, 0.717) is 11.3 Å². The molecule has 0 atom stereocenters. The number of nitrogens with one attached hydrogen (secondary N) is 1. The van der Waals surface area contributed by atoms with E-state index in [-0.39, 0.29) is 5.82 Å². The van der Waals surface area contributed by atoms with Crippen LogP contribution in [0.1, 0.15) is 13.3 Å². The van der Waals surface area contributed by atoms with Gasteiger partial charge in [-0.3, -0.25) is 4.98 Å². The summed E-state index contributed by atoms with van der Waals surface area (Å²) in [5, 5.41) is 4.00. The van der Waals surface area contributed by atoms with Gasteiger partial charge >= 0.3 is 0 Å². The molecule has 0 saturated carbocycles. The summed E-state index contributed by atoms with van der Waals surface area (Å²) in [6, 6.07) is 4.67. The van der Waals surface area contributed by atoms with E-state index in [1.807, 2.05) is 6.07 Å². The van der Waals surface area contributed by atoms with Crippen molar-refractivity contribution in [1.29, 1.82) is 0 Å². The van der Waals surface area contributed by atoms with Crippen molar-refractivity contribution in [2.75, 3.05) is 19.0 Å². The van der Waals surface area contributed by atoms with Gasteiger partial charge in [0.2, 0.25) is 0 Å². The molecule has 0 aliphatic heterocycles. The fourth-order valence-electron chi connectivity index (χ4n) is 1.76. The van der Waals surface area contributed by atoms with Gasteiger partial charge in [0.05, 0.1) is 7.11 Å². The van der Waals surface area contributed by atoms with Gasteiger partial charge in [0.25, 0.3) is 0 Å². The first-order valence-corrected chi connectivity index (χ1v) is 5.62. The van der Waals surface area contributed by atoms with Crippen molar-refractivity contribution in [2.45, 2.75) is 13.3 Å². The number of pyridine rings is 1. The second-order valence-electron chi connectivity index (χ2n) is 3.79. The molecule has 0 saturated heterocycles. The summed E-state index contributed by atoms with van der Waals surface area (Å²) in [4.78, 5) is 4.23. The third kappa shape index (κ3) is 2.30. The monoisotopic (exact) mass is 234 g/mol. The van der Waals surface area contributed by atoms with Crippen LogP contribution in [-0.4, -0.2) is 18.6 Å². The van der Waals surface area contributed by atoms with E-state index >= 15 is 0 Å². The second-order valence-corrected chi connectivity index (χ2v) is 3.79. The Morgan fingerprint density at radius 1 is 1.41 bits per heavy atom. The molecule has 0 spiro atoms. The van der Waals surface area contributed by atoms with Crippen LogP contribution < -0.4 is 10.1 Å². The minimum atomic E-state index is -0.318. The van der Waals surface area contributed by atoms with Crippen LogP contribution in [-0.2, 0) is 0 Å². The summed E-state index contributed by atoms with van der Waals surface area (Å²) in [6.07, 6.45) is 2.71. The van der Waals surface area contributed by atoms with Gasteiger partial charge in [-0.2, -0.15) is 0 Å². The topological polar surface area (TPSA) is 34.2 Å². The molecule has 0 unspecified atom stereocenters. The molecule has 2 aromatic rings. The van der Waals surface area contributed by atoms with E-state index in [1.54, 1.807) is 6.20 Å². The van der Waals surface area contributed by atoms with Crippen molar-refractivity contribution in [1.82, 2.24) is 4.98 Å². The number of benzene rings is 1. The lowest BCUT2D eigenvalue weighted by molar-refractivity contribution is 0.415. The standard InChI is InChI=1S/C13H15FN2O/c1-3-5-15-11-4-6-16-13-10(11)7-9(14)8-12(13)17-2/h4,6-8H,3,5H2,1-2H3,(H,15,16). The van der Waals surface area contributed by atoms with Crippen LogP contribution in [0, 0.1) is 5.82 Å². The van der Waals surface area contributed by atoms with E-state index in [0.717, 1.165) is 24.0 Å². The number of ether oxygens (including phenoxy) is 1. The van der Waals surface area contributed by atoms with Gasteiger partial charge in [0.1, 0.15) is 17.1 Å². The average Bonchev–Trinajstić information content (AvgIpc) is 2.35. The molecule has 0 aliphatic rings. The summed E-state index contributed by atoms with van der Waals surface area (Å²) < 4.78 is 18.6. The number of hydrogen-bond acceptors (Lipinski definition) is 3. The molecule has 1 aromatic heterocycles. The molecule has 1 aromatic carbocycles. The second kappa shape index (κ2) is 4.99. The van der Waals surface area contributed by atoms with Gasteiger partial charge in [0, 0.05) is 29.9 Å². The zero-order chi connectivity index (χ0) is 12.3. The lowest BCUT2D eigenvalue weighted by Gasteiger charge is -2.10. The summed E-state index contributed by atoms with van der Waals surface area (Å²) >= 11 is 0. The normalized spacial score (nSPS) is 10.5. The number of halogens is 1. The van der Waals surface area contributed by atoms with Crippen LogP contribution in [0.25, 0.3) is 10.9 Å². The molecule has 0 amide bonds. The maximum atomic E-state index is 13.5. The molecule has 4 heteroatoms. The molecule has 3 nitrogen and oxygen atoms in total. The van der Waals surface area contributed by atoms with Gasteiger partial charge < -0.3 is 10.1 Å². The van der Waals surface area contributed by atoms with Crippen molar-refractivity contribution in [2.24, 2.45) is 0 Å². The highest BCUT2D eigenvalue weighted by Gasteiger charge is 2.09. The number of nitrogens with zero attached hydrogens (tertiary/aromatic N) is 1. The molecule has 0 aliphatic carbocycles. The molecule has 17 heavy (non-hydrogen) atoms. The molecule has 90 valence electrons. The van der Waals surface area contributed by atoms with Gasteiger partial charge in [-0.15, -0.1) is 0 Å². The van der Waals surface area contributed by atoms with Crippen LogP contribution in [0.15, 0.2) is 24.4 Å². The number of fused-ring (bicyclic) bond motifs is 1.